The van der Waals surface area contributed by atoms with E-state index < -0.39 is 0 Å². The quantitative estimate of drug-likeness (QED) is 0.513. The molecule has 0 aliphatic rings. The van der Waals surface area contributed by atoms with Gasteiger partial charge in [0.05, 0.1) is 10.2 Å². The minimum absolute atomic E-state index is 0.0758. The van der Waals surface area contributed by atoms with E-state index in [9.17, 15) is 4.79 Å². The number of amides is 1. The number of hydrogen-bond acceptors (Lipinski definition) is 1. The molecule has 0 aliphatic carbocycles. The van der Waals surface area contributed by atoms with Crippen LogP contribution < -0.4 is 0 Å². The van der Waals surface area contributed by atoms with E-state index in [-0.39, 0.29) is 11.4 Å². The van der Waals surface area contributed by atoms with Gasteiger partial charge in [0.2, 0.25) is 5.91 Å². The Morgan fingerprint density at radius 1 is 1.50 bits per heavy atom. The molecule has 0 atom stereocenters. The van der Waals surface area contributed by atoms with Gasteiger partial charge < -0.3 is 4.90 Å². The molecule has 0 unspecified atom stereocenters. The van der Waals surface area contributed by atoms with Gasteiger partial charge in [-0.2, -0.15) is 0 Å². The minimum atomic E-state index is -0.0758. The number of nitrogens with zero attached hydrogens (tertiary/aromatic N) is 1. The van der Waals surface area contributed by atoms with E-state index in [1.807, 2.05) is 20.8 Å². The first-order chi connectivity index (χ1) is 4.39. The molecule has 0 aromatic rings. The van der Waals surface area contributed by atoms with Crippen LogP contribution in [0.2, 0.25) is 0 Å². The molecule has 0 bridgehead atoms. The van der Waals surface area contributed by atoms with E-state index in [1.54, 1.807) is 11.8 Å². The molecule has 0 N–H and O–H groups in total. The summed E-state index contributed by atoms with van der Waals surface area (Å²) in [7, 11) is 3.30. The molecule has 2 nitrogen and oxygen atoms in total. The summed E-state index contributed by atoms with van der Waals surface area (Å²) in [5, 5.41) is 0. The van der Waals surface area contributed by atoms with Gasteiger partial charge in [-0.1, -0.05) is 0 Å². The summed E-state index contributed by atoms with van der Waals surface area (Å²) in [5.74, 6) is 0.0995. The first-order valence-corrected chi connectivity index (χ1v) is 4.03. The molecule has 3 heteroatoms. The largest absolute Gasteiger partial charge is 0.342 e. The Balaban J connectivity index is 4.22. The van der Waals surface area contributed by atoms with Crippen LogP contribution in [-0.2, 0) is 4.79 Å². The second-order valence-corrected chi connectivity index (χ2v) is 3.59. The number of hydrogen-bond donors (Lipinski definition) is 0. The molecule has 57 valence electrons. The zero-order chi connectivity index (χ0) is 8.36. The summed E-state index contributed by atoms with van der Waals surface area (Å²) in [6.07, 6.45) is 0.596. The highest BCUT2D eigenvalue weighted by molar-refractivity contribution is 6.10. The van der Waals surface area contributed by atoms with Gasteiger partial charge in [-0.15, -0.1) is 0 Å². The van der Waals surface area contributed by atoms with E-state index in [0.717, 1.165) is 0 Å². The molecule has 0 saturated heterocycles. The lowest BCUT2D eigenvalue weighted by Gasteiger charge is -2.33. The monoisotopic (exact) mass is 156 g/mol. The molecule has 0 fully saturated rings. The van der Waals surface area contributed by atoms with Gasteiger partial charge in [-0.05, 0) is 20.8 Å². The van der Waals surface area contributed by atoms with Crippen LogP contribution >= 0.6 is 0 Å². The average molecular weight is 156 g/mol. The number of carbonyl (C=O) groups is 1. The van der Waals surface area contributed by atoms with Gasteiger partial charge in [0.25, 0.3) is 0 Å². The standard InChI is InChI=1S/C7H14NOSi/c1-6(9)8(5-10)7(2,3)4/h5H2,1-4H3. The highest BCUT2D eigenvalue weighted by atomic mass is 28.1. The lowest BCUT2D eigenvalue weighted by molar-refractivity contribution is -0.132. The lowest BCUT2D eigenvalue weighted by Crippen LogP contribution is -2.45. The van der Waals surface area contributed by atoms with Gasteiger partial charge in [0, 0.05) is 18.6 Å². The zero-order valence-electron chi connectivity index (χ0n) is 7.06. The van der Waals surface area contributed by atoms with Crippen molar-refractivity contribution in [1.29, 1.82) is 0 Å². The Hall–Kier alpha value is -0.313. The van der Waals surface area contributed by atoms with Crippen LogP contribution in [0.5, 0.6) is 0 Å². The third-order valence-electron chi connectivity index (χ3n) is 1.35. The van der Waals surface area contributed by atoms with Crippen molar-refractivity contribution in [3.63, 3.8) is 0 Å². The van der Waals surface area contributed by atoms with Crippen LogP contribution in [0.25, 0.3) is 0 Å². The van der Waals surface area contributed by atoms with Crippen LogP contribution in [0.1, 0.15) is 27.7 Å². The molecule has 0 saturated carbocycles. The smallest absolute Gasteiger partial charge is 0.219 e. The van der Waals surface area contributed by atoms with E-state index in [0.29, 0.717) is 6.17 Å². The SMILES string of the molecule is CC(=O)N(C[Si])C(C)(C)C. The second kappa shape index (κ2) is 3.19. The van der Waals surface area contributed by atoms with Crippen LogP contribution in [0.3, 0.4) is 0 Å². The number of rotatable bonds is 1. The van der Waals surface area contributed by atoms with Crippen molar-refractivity contribution in [3.05, 3.63) is 0 Å². The third kappa shape index (κ3) is 2.52. The lowest BCUT2D eigenvalue weighted by atomic mass is 10.1. The fourth-order valence-corrected chi connectivity index (χ4v) is 1.52. The van der Waals surface area contributed by atoms with Crippen LogP contribution in [0.15, 0.2) is 0 Å². The summed E-state index contributed by atoms with van der Waals surface area (Å²) in [6, 6.07) is 0. The minimum Gasteiger partial charge on any atom is -0.342 e. The predicted molar refractivity (Wildman–Crippen MR) is 42.9 cm³/mol. The first kappa shape index (κ1) is 9.69. The summed E-state index contributed by atoms with van der Waals surface area (Å²) >= 11 is 0. The fourth-order valence-electron chi connectivity index (χ4n) is 0.821. The molecule has 0 aromatic carbocycles. The van der Waals surface area contributed by atoms with Crippen molar-refractivity contribution in [2.75, 3.05) is 6.17 Å². The molecule has 10 heavy (non-hydrogen) atoms. The predicted octanol–water partition coefficient (Wildman–Crippen LogP) is 0.759. The Morgan fingerprint density at radius 2 is 1.90 bits per heavy atom. The molecule has 1 amide bonds. The zero-order valence-corrected chi connectivity index (χ0v) is 8.06. The highest BCUT2D eigenvalue weighted by Gasteiger charge is 2.21. The van der Waals surface area contributed by atoms with Crippen LogP contribution in [0, 0.1) is 0 Å². The highest BCUT2D eigenvalue weighted by Crippen LogP contribution is 2.11. The van der Waals surface area contributed by atoms with Crippen molar-refractivity contribution in [2.45, 2.75) is 33.2 Å². The third-order valence-corrected chi connectivity index (χ3v) is 1.66. The van der Waals surface area contributed by atoms with E-state index in [2.05, 4.69) is 10.2 Å². The molecule has 3 radical (unpaired) electrons. The van der Waals surface area contributed by atoms with Crippen molar-refractivity contribution in [3.8, 4) is 0 Å². The maximum absolute atomic E-state index is 10.9. The van der Waals surface area contributed by atoms with Gasteiger partial charge in [0.15, 0.2) is 0 Å². The normalized spacial score (nSPS) is 11.3. The topological polar surface area (TPSA) is 20.3 Å². The average Bonchev–Trinajstić information content (AvgIpc) is 1.60. The fraction of sp³-hybridized carbons (Fsp3) is 0.857. The van der Waals surface area contributed by atoms with Gasteiger partial charge in [-0.3, -0.25) is 4.79 Å². The first-order valence-electron chi connectivity index (χ1n) is 3.32. The molecule has 0 spiro atoms. The maximum atomic E-state index is 10.9. The maximum Gasteiger partial charge on any atom is 0.219 e. The summed E-state index contributed by atoms with van der Waals surface area (Å²) in [4.78, 5) is 12.7. The van der Waals surface area contributed by atoms with Crippen LogP contribution in [0.4, 0.5) is 0 Å². The second-order valence-electron chi connectivity index (χ2n) is 3.28. The van der Waals surface area contributed by atoms with Crippen molar-refractivity contribution < 1.29 is 4.79 Å². The summed E-state index contributed by atoms with van der Waals surface area (Å²) < 4.78 is 0. The molecule has 0 aromatic heterocycles. The summed E-state index contributed by atoms with van der Waals surface area (Å²) in [6.45, 7) is 7.60. The molecular weight excluding hydrogens is 142 g/mol. The molecule has 0 rings (SSSR count). The van der Waals surface area contributed by atoms with Gasteiger partial charge in [-0.25, -0.2) is 0 Å². The van der Waals surface area contributed by atoms with Gasteiger partial charge in [0.1, 0.15) is 0 Å². The van der Waals surface area contributed by atoms with E-state index >= 15 is 0 Å². The van der Waals surface area contributed by atoms with Crippen molar-refractivity contribution in [1.82, 2.24) is 4.90 Å². The Bertz CT molecular complexity index is 128. The number of carbonyl (C=O) groups excluding carboxylic acids is 1. The Morgan fingerprint density at radius 3 is 1.90 bits per heavy atom. The van der Waals surface area contributed by atoms with Crippen molar-refractivity contribution >= 4 is 16.1 Å². The molecular formula is C7H14NOSi. The van der Waals surface area contributed by atoms with Crippen LogP contribution in [-0.4, -0.2) is 32.8 Å². The Kier molecular flexibility index (Phi) is 3.09. The van der Waals surface area contributed by atoms with E-state index in [1.165, 1.54) is 0 Å². The molecule has 0 heterocycles. The molecule has 0 aliphatic heterocycles. The summed E-state index contributed by atoms with van der Waals surface area (Å²) in [5.41, 5.74) is -0.0758. The Labute approximate surface area is 66.0 Å². The van der Waals surface area contributed by atoms with Gasteiger partial charge >= 0.3 is 0 Å². The van der Waals surface area contributed by atoms with Crippen molar-refractivity contribution in [2.24, 2.45) is 0 Å². The van der Waals surface area contributed by atoms with E-state index in [4.69, 9.17) is 0 Å².